The van der Waals surface area contributed by atoms with E-state index >= 15 is 0 Å². The average molecular weight is 387 g/mol. The molecule has 1 aromatic carbocycles. The number of ether oxygens (including phenoxy) is 3. The quantitative estimate of drug-likeness (QED) is 0.576. The molecule has 0 aliphatic carbocycles. The van der Waals surface area contributed by atoms with Crippen LogP contribution in [0.15, 0.2) is 24.3 Å². The number of aromatic nitrogens is 1. The second-order valence-corrected chi connectivity index (χ2v) is 6.72. The lowest BCUT2D eigenvalue weighted by Crippen LogP contribution is -2.25. The highest BCUT2D eigenvalue weighted by Crippen LogP contribution is 2.21. The summed E-state index contributed by atoms with van der Waals surface area (Å²) < 4.78 is 15.6. The van der Waals surface area contributed by atoms with Gasteiger partial charge in [0.15, 0.2) is 6.10 Å². The van der Waals surface area contributed by atoms with Crippen LogP contribution in [0.2, 0.25) is 0 Å². The van der Waals surface area contributed by atoms with E-state index in [9.17, 15) is 14.4 Å². The second-order valence-electron chi connectivity index (χ2n) is 6.72. The molecule has 1 unspecified atom stereocenters. The molecule has 1 N–H and O–H groups in total. The standard InChI is InChI=1S/C21H25NO6/c1-11(2)27-20(24)17-12(3)18(22-13(17)4)21(25)28-14(5)19(23)15-7-9-16(26-6)10-8-15/h7-11,14,22H,1-6H3. The number of aromatic amines is 1. The van der Waals surface area contributed by atoms with E-state index in [4.69, 9.17) is 14.2 Å². The highest BCUT2D eigenvalue weighted by molar-refractivity contribution is 6.02. The van der Waals surface area contributed by atoms with Crippen molar-refractivity contribution < 1.29 is 28.6 Å². The molecule has 0 fully saturated rings. The number of rotatable bonds is 7. The number of carbonyl (C=O) groups excluding carboxylic acids is 3. The lowest BCUT2D eigenvalue weighted by molar-refractivity contribution is 0.0313. The van der Waals surface area contributed by atoms with Gasteiger partial charge in [0.25, 0.3) is 0 Å². The van der Waals surface area contributed by atoms with E-state index < -0.39 is 18.0 Å². The fourth-order valence-electron chi connectivity index (χ4n) is 2.80. The summed E-state index contributed by atoms with van der Waals surface area (Å²) in [6.07, 6.45) is -1.27. The van der Waals surface area contributed by atoms with Crippen LogP contribution in [0.4, 0.5) is 0 Å². The van der Waals surface area contributed by atoms with Crippen molar-refractivity contribution in [3.63, 3.8) is 0 Å². The normalized spacial score (nSPS) is 11.8. The maximum absolute atomic E-state index is 12.5. The van der Waals surface area contributed by atoms with Gasteiger partial charge in [-0.2, -0.15) is 0 Å². The third-order valence-electron chi connectivity index (χ3n) is 4.22. The van der Waals surface area contributed by atoms with Gasteiger partial charge in [-0.05, 0) is 64.4 Å². The Bertz CT molecular complexity index is 879. The van der Waals surface area contributed by atoms with E-state index in [1.54, 1.807) is 52.0 Å². The Morgan fingerprint density at radius 3 is 2.07 bits per heavy atom. The lowest BCUT2D eigenvalue weighted by Gasteiger charge is -2.12. The van der Waals surface area contributed by atoms with Gasteiger partial charge < -0.3 is 19.2 Å². The Morgan fingerprint density at radius 1 is 0.929 bits per heavy atom. The molecule has 0 saturated carbocycles. The van der Waals surface area contributed by atoms with E-state index in [2.05, 4.69) is 4.98 Å². The molecule has 0 bridgehead atoms. The van der Waals surface area contributed by atoms with Gasteiger partial charge in [-0.1, -0.05) is 0 Å². The van der Waals surface area contributed by atoms with Crippen molar-refractivity contribution in [3.8, 4) is 5.75 Å². The number of hydrogen-bond donors (Lipinski definition) is 1. The van der Waals surface area contributed by atoms with Gasteiger partial charge in [-0.25, -0.2) is 9.59 Å². The third-order valence-corrected chi connectivity index (χ3v) is 4.22. The van der Waals surface area contributed by atoms with Crippen LogP contribution in [0.5, 0.6) is 5.75 Å². The lowest BCUT2D eigenvalue weighted by atomic mass is 10.1. The Balaban J connectivity index is 2.15. The number of H-pyrrole nitrogens is 1. The van der Waals surface area contributed by atoms with Crippen LogP contribution in [0.25, 0.3) is 0 Å². The SMILES string of the molecule is COc1ccc(C(=O)C(C)OC(=O)c2[nH]c(C)c(C(=O)OC(C)C)c2C)cc1. The molecular weight excluding hydrogens is 362 g/mol. The molecule has 150 valence electrons. The van der Waals surface area contributed by atoms with E-state index in [1.807, 2.05) is 0 Å². The van der Waals surface area contributed by atoms with Crippen LogP contribution in [0.3, 0.4) is 0 Å². The molecule has 0 aliphatic rings. The molecule has 7 heteroatoms. The van der Waals surface area contributed by atoms with Crippen LogP contribution < -0.4 is 4.74 Å². The summed E-state index contributed by atoms with van der Waals surface area (Å²) in [6.45, 7) is 8.30. The number of methoxy groups -OCH3 is 1. The predicted octanol–water partition coefficient (Wildman–Crippen LogP) is 3.63. The molecule has 2 aromatic rings. The first kappa shape index (κ1) is 21.2. The minimum absolute atomic E-state index is 0.127. The van der Waals surface area contributed by atoms with Crippen LogP contribution in [0.1, 0.15) is 63.2 Å². The third kappa shape index (κ3) is 4.60. The molecule has 7 nitrogen and oxygen atoms in total. The Labute approximate surface area is 164 Å². The van der Waals surface area contributed by atoms with Gasteiger partial charge in [0, 0.05) is 11.3 Å². The van der Waals surface area contributed by atoms with Crippen molar-refractivity contribution in [1.29, 1.82) is 0 Å². The number of nitrogens with one attached hydrogen (secondary N) is 1. The van der Waals surface area contributed by atoms with Gasteiger partial charge in [-0.3, -0.25) is 4.79 Å². The highest BCUT2D eigenvalue weighted by Gasteiger charge is 2.27. The van der Waals surface area contributed by atoms with Gasteiger partial charge in [0.2, 0.25) is 5.78 Å². The van der Waals surface area contributed by atoms with Crippen molar-refractivity contribution in [2.45, 2.75) is 46.8 Å². The molecule has 0 radical (unpaired) electrons. The summed E-state index contributed by atoms with van der Waals surface area (Å²) in [5, 5.41) is 0. The van der Waals surface area contributed by atoms with Crippen LogP contribution in [0, 0.1) is 13.8 Å². The molecule has 0 amide bonds. The number of esters is 2. The Kier molecular flexibility index (Phi) is 6.62. The zero-order valence-electron chi connectivity index (χ0n) is 16.9. The maximum Gasteiger partial charge on any atom is 0.355 e. The van der Waals surface area contributed by atoms with E-state index in [-0.39, 0.29) is 17.6 Å². The summed E-state index contributed by atoms with van der Waals surface area (Å²) >= 11 is 0. The maximum atomic E-state index is 12.5. The minimum atomic E-state index is -0.991. The molecule has 1 heterocycles. The summed E-state index contributed by atoms with van der Waals surface area (Å²) in [6, 6.07) is 6.53. The van der Waals surface area contributed by atoms with E-state index in [1.165, 1.54) is 14.0 Å². The van der Waals surface area contributed by atoms with Gasteiger partial charge in [0.05, 0.1) is 18.8 Å². The first-order chi connectivity index (χ1) is 13.1. The van der Waals surface area contributed by atoms with Crippen LogP contribution in [-0.2, 0) is 9.47 Å². The second kappa shape index (κ2) is 8.73. The van der Waals surface area contributed by atoms with Crippen molar-refractivity contribution >= 4 is 17.7 Å². The first-order valence-electron chi connectivity index (χ1n) is 8.95. The fourth-order valence-corrected chi connectivity index (χ4v) is 2.80. The molecule has 1 atom stereocenters. The molecule has 0 spiro atoms. The molecule has 0 saturated heterocycles. The zero-order chi connectivity index (χ0) is 21.0. The predicted molar refractivity (Wildman–Crippen MR) is 103 cm³/mol. The summed E-state index contributed by atoms with van der Waals surface area (Å²) in [5.74, 6) is -0.933. The van der Waals surface area contributed by atoms with Gasteiger partial charge in [0.1, 0.15) is 11.4 Å². The van der Waals surface area contributed by atoms with E-state index in [0.29, 0.717) is 28.1 Å². The molecule has 0 aliphatic heterocycles. The monoisotopic (exact) mass is 387 g/mol. The number of hydrogen-bond acceptors (Lipinski definition) is 6. The fraction of sp³-hybridized carbons (Fsp3) is 0.381. The van der Waals surface area contributed by atoms with Crippen LogP contribution in [-0.4, -0.2) is 42.0 Å². The van der Waals surface area contributed by atoms with Crippen molar-refractivity contribution in [2.75, 3.05) is 7.11 Å². The molecule has 1 aromatic heterocycles. The van der Waals surface area contributed by atoms with Gasteiger partial charge >= 0.3 is 11.9 Å². The highest BCUT2D eigenvalue weighted by atomic mass is 16.5. The largest absolute Gasteiger partial charge is 0.497 e. The van der Waals surface area contributed by atoms with Crippen molar-refractivity contribution in [2.24, 2.45) is 0 Å². The Hall–Kier alpha value is -3.09. The summed E-state index contributed by atoms with van der Waals surface area (Å²) in [5.41, 5.74) is 1.76. The number of aryl methyl sites for hydroxylation is 1. The number of Topliss-reactive ketones (excluding diaryl/α,β-unsaturated/α-hetero) is 1. The summed E-state index contributed by atoms with van der Waals surface area (Å²) in [4.78, 5) is 40.1. The van der Waals surface area contributed by atoms with Crippen LogP contribution >= 0.6 is 0 Å². The minimum Gasteiger partial charge on any atom is -0.497 e. The van der Waals surface area contributed by atoms with Gasteiger partial charge in [-0.15, -0.1) is 0 Å². The number of carbonyl (C=O) groups is 3. The first-order valence-corrected chi connectivity index (χ1v) is 8.95. The Morgan fingerprint density at radius 2 is 1.54 bits per heavy atom. The topological polar surface area (TPSA) is 94.7 Å². The smallest absolute Gasteiger partial charge is 0.355 e. The zero-order valence-corrected chi connectivity index (χ0v) is 16.9. The molecular formula is C21H25NO6. The van der Waals surface area contributed by atoms with E-state index in [0.717, 1.165) is 0 Å². The molecule has 28 heavy (non-hydrogen) atoms. The number of ketones is 1. The molecule has 2 rings (SSSR count). The van der Waals surface area contributed by atoms with Crippen molar-refractivity contribution in [3.05, 3.63) is 52.3 Å². The average Bonchev–Trinajstić information content (AvgIpc) is 2.94. The number of benzene rings is 1. The summed E-state index contributed by atoms with van der Waals surface area (Å²) in [7, 11) is 1.53. The van der Waals surface area contributed by atoms with Crippen molar-refractivity contribution in [1.82, 2.24) is 4.98 Å².